The van der Waals surface area contributed by atoms with Crippen LogP contribution >= 0.6 is 11.3 Å². The molecular weight excluding hydrogens is 216 g/mol. The van der Waals surface area contributed by atoms with E-state index in [9.17, 15) is 0 Å². The lowest BCUT2D eigenvalue weighted by molar-refractivity contribution is 0.415. The van der Waals surface area contributed by atoms with Crippen LogP contribution in [-0.2, 0) is 5.41 Å². The van der Waals surface area contributed by atoms with Gasteiger partial charge in [-0.3, -0.25) is 0 Å². The fourth-order valence-corrected chi connectivity index (χ4v) is 2.66. The Morgan fingerprint density at radius 2 is 1.88 bits per heavy atom. The van der Waals surface area contributed by atoms with Crippen molar-refractivity contribution < 1.29 is 4.74 Å². The van der Waals surface area contributed by atoms with Gasteiger partial charge in [-0.15, -0.1) is 0 Å². The third-order valence-corrected chi connectivity index (χ3v) is 3.60. The molecule has 2 heteroatoms. The Labute approximate surface area is 101 Å². The summed E-state index contributed by atoms with van der Waals surface area (Å²) in [6.45, 7) is 6.73. The van der Waals surface area contributed by atoms with E-state index in [4.69, 9.17) is 4.74 Å². The Morgan fingerprint density at radius 3 is 2.50 bits per heavy atom. The van der Waals surface area contributed by atoms with Crippen LogP contribution in [0.2, 0.25) is 0 Å². The van der Waals surface area contributed by atoms with E-state index in [1.807, 2.05) is 6.07 Å². The molecule has 0 saturated heterocycles. The van der Waals surface area contributed by atoms with Gasteiger partial charge < -0.3 is 4.74 Å². The molecule has 1 nitrogen and oxygen atoms in total. The first-order valence-corrected chi connectivity index (χ1v) is 6.29. The zero-order valence-corrected chi connectivity index (χ0v) is 11.0. The smallest absolute Gasteiger partial charge is 0.238 e. The van der Waals surface area contributed by atoms with Crippen molar-refractivity contribution in [1.29, 1.82) is 0 Å². The third kappa shape index (κ3) is 2.03. The molecule has 0 unspecified atom stereocenters. The molecular formula is C14H17OS+. The van der Waals surface area contributed by atoms with Crippen LogP contribution in [0.25, 0.3) is 10.1 Å². The maximum atomic E-state index is 5.29. The van der Waals surface area contributed by atoms with Crippen molar-refractivity contribution in [1.82, 2.24) is 0 Å². The van der Waals surface area contributed by atoms with Gasteiger partial charge in [0.15, 0.2) is 5.38 Å². The third-order valence-electron chi connectivity index (χ3n) is 2.71. The average Bonchev–Trinajstić information content (AvgIpc) is 2.26. The Morgan fingerprint density at radius 1 is 1.12 bits per heavy atom. The van der Waals surface area contributed by atoms with Crippen LogP contribution < -0.4 is 4.74 Å². The maximum absolute atomic E-state index is 5.29. The molecule has 1 heterocycles. The molecule has 1 aromatic carbocycles. The van der Waals surface area contributed by atoms with Crippen LogP contribution in [-0.4, -0.2) is 7.11 Å². The van der Waals surface area contributed by atoms with Crippen molar-refractivity contribution >= 4 is 21.4 Å². The zero-order valence-electron chi connectivity index (χ0n) is 10.2. The Bertz CT molecular complexity index is 512. The lowest BCUT2D eigenvalue weighted by Gasteiger charge is -2.19. The van der Waals surface area contributed by atoms with E-state index in [2.05, 4.69) is 44.4 Å². The summed E-state index contributed by atoms with van der Waals surface area (Å²) in [6.07, 6.45) is 0. The van der Waals surface area contributed by atoms with Crippen molar-refractivity contribution in [2.24, 2.45) is 0 Å². The molecule has 2 rings (SSSR count). The zero-order chi connectivity index (χ0) is 11.8. The van der Waals surface area contributed by atoms with E-state index in [1.54, 1.807) is 18.4 Å². The highest BCUT2D eigenvalue weighted by molar-refractivity contribution is 7.16. The molecule has 0 bridgehead atoms. The molecule has 0 radical (unpaired) electrons. The standard InChI is InChI=1S/C14H17OS/c1-14(2,3)12-7-8-16-13-6-5-10(15-4)9-11(12)13/h5-9H,1-4H3/q+1. The summed E-state index contributed by atoms with van der Waals surface area (Å²) in [7, 11) is 1.71. The number of rotatable bonds is 1. The maximum Gasteiger partial charge on any atom is 0.238 e. The van der Waals surface area contributed by atoms with E-state index in [0.29, 0.717) is 0 Å². The van der Waals surface area contributed by atoms with Crippen LogP contribution in [0.15, 0.2) is 29.6 Å². The molecule has 1 aromatic heterocycles. The molecule has 0 aliphatic heterocycles. The van der Waals surface area contributed by atoms with Gasteiger partial charge in [-0.25, -0.2) is 0 Å². The fraction of sp³-hybridized carbons (Fsp3) is 0.357. The Hall–Kier alpha value is -1.15. The van der Waals surface area contributed by atoms with Gasteiger partial charge in [-0.1, -0.05) is 20.8 Å². The quantitative estimate of drug-likeness (QED) is 0.659. The number of benzene rings is 1. The highest BCUT2D eigenvalue weighted by Gasteiger charge is 2.20. The largest absolute Gasteiger partial charge is 0.497 e. The highest BCUT2D eigenvalue weighted by atomic mass is 32.1. The lowest BCUT2D eigenvalue weighted by atomic mass is 9.86. The van der Waals surface area contributed by atoms with Crippen molar-refractivity contribution in [3.8, 4) is 5.75 Å². The van der Waals surface area contributed by atoms with Crippen LogP contribution in [0, 0.1) is 0 Å². The van der Waals surface area contributed by atoms with Gasteiger partial charge in [0.2, 0.25) is 16.0 Å². The highest BCUT2D eigenvalue weighted by Crippen LogP contribution is 2.33. The first kappa shape index (κ1) is 11.3. The topological polar surface area (TPSA) is 9.23 Å². The van der Waals surface area contributed by atoms with Crippen LogP contribution in [0.1, 0.15) is 26.3 Å². The van der Waals surface area contributed by atoms with Gasteiger partial charge in [0.1, 0.15) is 5.75 Å². The second-order valence-corrected chi connectivity index (χ2v) is 5.89. The predicted octanol–water partition coefficient (Wildman–Crippen LogP) is 4.49. The summed E-state index contributed by atoms with van der Waals surface area (Å²) in [5, 5.41) is 3.47. The second-order valence-electron chi connectivity index (χ2n) is 4.95. The molecule has 0 aliphatic rings. The van der Waals surface area contributed by atoms with Gasteiger partial charge >= 0.3 is 0 Å². The van der Waals surface area contributed by atoms with Crippen LogP contribution in [0.4, 0.5) is 0 Å². The molecule has 84 valence electrons. The Balaban J connectivity index is 2.74. The van der Waals surface area contributed by atoms with E-state index < -0.39 is 0 Å². The van der Waals surface area contributed by atoms with Crippen LogP contribution in [0.5, 0.6) is 5.75 Å². The summed E-state index contributed by atoms with van der Waals surface area (Å²) in [4.78, 5) is 0. The van der Waals surface area contributed by atoms with E-state index >= 15 is 0 Å². The molecule has 0 aliphatic carbocycles. The summed E-state index contributed by atoms with van der Waals surface area (Å²) in [6, 6.07) is 8.50. The van der Waals surface area contributed by atoms with Crippen molar-refractivity contribution in [2.75, 3.05) is 7.11 Å². The minimum atomic E-state index is 0.165. The van der Waals surface area contributed by atoms with Gasteiger partial charge in [-0.2, -0.15) is 0 Å². The van der Waals surface area contributed by atoms with Gasteiger partial charge in [0.25, 0.3) is 0 Å². The number of ether oxygens (including phenoxy) is 1. The minimum absolute atomic E-state index is 0.165. The first-order valence-electron chi connectivity index (χ1n) is 5.41. The average molecular weight is 233 g/mol. The van der Waals surface area contributed by atoms with E-state index in [0.717, 1.165) is 5.75 Å². The second kappa shape index (κ2) is 4.02. The lowest BCUT2D eigenvalue weighted by Crippen LogP contribution is -2.11. The minimum Gasteiger partial charge on any atom is -0.497 e. The first-order chi connectivity index (χ1) is 7.52. The van der Waals surface area contributed by atoms with Gasteiger partial charge in [-0.05, 0) is 23.1 Å². The van der Waals surface area contributed by atoms with E-state index in [-0.39, 0.29) is 5.41 Å². The normalized spacial score (nSPS) is 11.8. The summed E-state index contributed by atoms with van der Waals surface area (Å²) >= 11 is 1.77. The van der Waals surface area contributed by atoms with Crippen molar-refractivity contribution in [2.45, 2.75) is 26.2 Å². The Kier molecular flexibility index (Phi) is 2.85. The van der Waals surface area contributed by atoms with E-state index in [1.165, 1.54) is 15.6 Å². The molecule has 0 atom stereocenters. The molecule has 16 heavy (non-hydrogen) atoms. The molecule has 0 amide bonds. The SMILES string of the molecule is COc1ccc2[s+]ccc(C(C)(C)C)c2c1. The van der Waals surface area contributed by atoms with Gasteiger partial charge in [0.05, 0.1) is 7.11 Å². The monoisotopic (exact) mass is 233 g/mol. The molecule has 2 aromatic rings. The molecule has 0 N–H and O–H groups in total. The number of methoxy groups -OCH3 is 1. The predicted molar refractivity (Wildman–Crippen MR) is 71.5 cm³/mol. The van der Waals surface area contributed by atoms with Gasteiger partial charge in [0, 0.05) is 17.5 Å². The van der Waals surface area contributed by atoms with Crippen molar-refractivity contribution in [3.05, 3.63) is 35.2 Å². The number of fused-ring (bicyclic) bond motifs is 1. The van der Waals surface area contributed by atoms with Crippen molar-refractivity contribution in [3.63, 3.8) is 0 Å². The summed E-state index contributed by atoms with van der Waals surface area (Å²) in [5.74, 6) is 0.927. The summed E-state index contributed by atoms with van der Waals surface area (Å²) in [5.41, 5.74) is 1.54. The molecule has 0 saturated carbocycles. The number of hydrogen-bond acceptors (Lipinski definition) is 1. The number of hydrogen-bond donors (Lipinski definition) is 0. The molecule has 0 spiro atoms. The fourth-order valence-electron chi connectivity index (χ4n) is 1.87. The molecule has 0 fully saturated rings. The summed E-state index contributed by atoms with van der Waals surface area (Å²) < 4.78 is 6.61. The van der Waals surface area contributed by atoms with Crippen LogP contribution in [0.3, 0.4) is 0 Å².